The molecule has 0 aliphatic heterocycles. The Balaban J connectivity index is 1.96. The van der Waals surface area contributed by atoms with Crippen LogP contribution in [-0.2, 0) is 0 Å². The minimum atomic E-state index is -0.364. The first kappa shape index (κ1) is 18.9. The highest BCUT2D eigenvalue weighted by atomic mass is 35.5. The van der Waals surface area contributed by atoms with Gasteiger partial charge < -0.3 is 19.9 Å². The van der Waals surface area contributed by atoms with Gasteiger partial charge >= 0.3 is 0 Å². The second-order valence-electron chi connectivity index (χ2n) is 6.39. The molecule has 0 saturated carbocycles. The summed E-state index contributed by atoms with van der Waals surface area (Å²) in [5.41, 5.74) is 3.20. The van der Waals surface area contributed by atoms with Crippen molar-refractivity contribution in [2.45, 2.75) is 0 Å². The summed E-state index contributed by atoms with van der Waals surface area (Å²) in [7, 11) is 3.15. The van der Waals surface area contributed by atoms with Gasteiger partial charge in [0.25, 0.3) is 0 Å². The van der Waals surface area contributed by atoms with Crippen LogP contribution in [0.4, 0.5) is 11.4 Å². The van der Waals surface area contributed by atoms with E-state index in [0.717, 1.165) is 16.5 Å². The third kappa shape index (κ3) is 3.65. The van der Waals surface area contributed by atoms with Crippen molar-refractivity contribution in [1.29, 1.82) is 0 Å². The normalized spacial score (nSPS) is 10.7. The molecule has 29 heavy (non-hydrogen) atoms. The second-order valence-corrected chi connectivity index (χ2v) is 6.82. The van der Waals surface area contributed by atoms with E-state index in [2.05, 4.69) is 10.3 Å². The van der Waals surface area contributed by atoms with Crippen LogP contribution < -0.4 is 19.9 Å². The molecule has 0 atom stereocenters. The van der Waals surface area contributed by atoms with E-state index in [4.69, 9.17) is 21.1 Å². The van der Waals surface area contributed by atoms with Crippen LogP contribution >= 0.6 is 11.6 Å². The number of benzene rings is 3. The molecular weight excluding hydrogens is 388 g/mol. The monoisotopic (exact) mass is 405 g/mol. The van der Waals surface area contributed by atoms with Crippen LogP contribution in [0, 0.1) is 0 Å². The number of methoxy groups -OCH3 is 2. The molecule has 0 unspecified atom stereocenters. The Hall–Kier alpha value is -3.44. The van der Waals surface area contributed by atoms with Gasteiger partial charge in [0.05, 0.1) is 31.1 Å². The third-order valence-electron chi connectivity index (χ3n) is 4.64. The number of pyridine rings is 1. The lowest BCUT2D eigenvalue weighted by Crippen LogP contribution is -2.05. The van der Waals surface area contributed by atoms with Crippen molar-refractivity contribution in [2.75, 3.05) is 19.5 Å². The maximum absolute atomic E-state index is 13.0. The van der Waals surface area contributed by atoms with E-state index in [-0.39, 0.29) is 5.88 Å². The molecule has 6 heteroatoms. The first-order valence-electron chi connectivity index (χ1n) is 8.95. The fourth-order valence-corrected chi connectivity index (χ4v) is 3.44. The first-order chi connectivity index (χ1) is 14.1. The molecule has 4 rings (SSSR count). The molecule has 0 spiro atoms. The molecular formula is C23H18ClN2O3-. The van der Waals surface area contributed by atoms with E-state index >= 15 is 0 Å². The molecule has 1 N–H and O–H groups in total. The number of halogens is 1. The Kier molecular flexibility index (Phi) is 5.14. The van der Waals surface area contributed by atoms with E-state index in [9.17, 15) is 5.11 Å². The zero-order valence-electron chi connectivity index (χ0n) is 15.9. The highest BCUT2D eigenvalue weighted by molar-refractivity contribution is 6.31. The summed E-state index contributed by atoms with van der Waals surface area (Å²) in [5, 5.41) is 17.6. The van der Waals surface area contributed by atoms with Crippen LogP contribution in [0.5, 0.6) is 17.4 Å². The van der Waals surface area contributed by atoms with Crippen molar-refractivity contribution in [3.63, 3.8) is 0 Å². The number of ether oxygens (including phenoxy) is 2. The van der Waals surface area contributed by atoms with Crippen LogP contribution in [0.25, 0.3) is 22.0 Å². The van der Waals surface area contributed by atoms with Crippen LogP contribution in [-0.4, -0.2) is 19.2 Å². The summed E-state index contributed by atoms with van der Waals surface area (Å²) >= 11 is 6.25. The molecule has 1 heterocycles. The van der Waals surface area contributed by atoms with Crippen molar-refractivity contribution in [1.82, 2.24) is 4.98 Å². The average molecular weight is 406 g/mol. The SMILES string of the molecule is COc1ccc(Nc2c([O-])nc3ccc(Cl)cc3c2-c2ccccc2)c(OC)c1. The van der Waals surface area contributed by atoms with Crippen molar-refractivity contribution >= 4 is 33.9 Å². The molecule has 4 aromatic rings. The standard InChI is InChI=1S/C23H19ClN2O3/c1-28-16-9-11-19(20(13-16)29-2)25-22-21(14-6-4-3-5-7-14)17-12-15(24)8-10-18(17)26-23(22)27/h3-13,25H,1-2H3,(H,26,27)/p-1. The quantitative estimate of drug-likeness (QED) is 0.482. The van der Waals surface area contributed by atoms with E-state index in [1.54, 1.807) is 44.6 Å². The summed E-state index contributed by atoms with van der Waals surface area (Å²) in [6, 6.07) is 20.3. The van der Waals surface area contributed by atoms with Crippen molar-refractivity contribution in [2.24, 2.45) is 0 Å². The predicted molar refractivity (Wildman–Crippen MR) is 114 cm³/mol. The van der Waals surface area contributed by atoms with E-state index in [1.165, 1.54) is 0 Å². The fourth-order valence-electron chi connectivity index (χ4n) is 3.27. The number of fused-ring (bicyclic) bond motifs is 1. The van der Waals surface area contributed by atoms with Crippen molar-refractivity contribution < 1.29 is 14.6 Å². The molecule has 146 valence electrons. The first-order valence-corrected chi connectivity index (χ1v) is 9.33. The van der Waals surface area contributed by atoms with Gasteiger partial charge in [-0.05, 0) is 35.9 Å². The van der Waals surface area contributed by atoms with Gasteiger partial charge in [-0.3, -0.25) is 4.98 Å². The van der Waals surface area contributed by atoms with Crippen LogP contribution in [0.1, 0.15) is 0 Å². The van der Waals surface area contributed by atoms with Crippen LogP contribution in [0.2, 0.25) is 5.02 Å². The Labute approximate surface area is 173 Å². The molecule has 0 bridgehead atoms. The molecule has 5 nitrogen and oxygen atoms in total. The summed E-state index contributed by atoms with van der Waals surface area (Å²) in [6.07, 6.45) is 0. The van der Waals surface area contributed by atoms with Gasteiger partial charge in [-0.1, -0.05) is 41.9 Å². The topological polar surface area (TPSA) is 66.4 Å². The largest absolute Gasteiger partial charge is 0.857 e. The number of hydrogen-bond donors (Lipinski definition) is 1. The van der Waals surface area contributed by atoms with E-state index in [1.807, 2.05) is 36.4 Å². The zero-order chi connectivity index (χ0) is 20.4. The number of anilines is 2. The van der Waals surface area contributed by atoms with Gasteiger partial charge in [0.15, 0.2) is 0 Å². The third-order valence-corrected chi connectivity index (χ3v) is 4.88. The lowest BCUT2D eigenvalue weighted by Gasteiger charge is -2.22. The summed E-state index contributed by atoms with van der Waals surface area (Å²) in [4.78, 5) is 4.25. The van der Waals surface area contributed by atoms with Gasteiger partial charge in [0.2, 0.25) is 0 Å². The molecule has 0 aliphatic rings. The summed E-state index contributed by atoms with van der Waals surface area (Å²) in [5.74, 6) is 0.840. The minimum absolute atomic E-state index is 0.356. The highest BCUT2D eigenvalue weighted by Gasteiger charge is 2.15. The molecule has 0 saturated heterocycles. The number of aromatic nitrogens is 1. The number of nitrogens with one attached hydrogen (secondary N) is 1. The Morgan fingerprint density at radius 2 is 1.72 bits per heavy atom. The summed E-state index contributed by atoms with van der Waals surface area (Å²) in [6.45, 7) is 0. The van der Waals surface area contributed by atoms with Gasteiger partial charge in [-0.15, -0.1) is 0 Å². The summed E-state index contributed by atoms with van der Waals surface area (Å²) < 4.78 is 10.7. The van der Waals surface area contributed by atoms with Gasteiger partial charge in [0.1, 0.15) is 11.5 Å². The molecule has 0 amide bonds. The lowest BCUT2D eigenvalue weighted by molar-refractivity contribution is -0.273. The average Bonchev–Trinajstić information content (AvgIpc) is 2.75. The Bertz CT molecular complexity index is 1180. The van der Waals surface area contributed by atoms with Crippen molar-refractivity contribution in [3.8, 4) is 28.5 Å². The van der Waals surface area contributed by atoms with Crippen LogP contribution in [0.15, 0.2) is 66.7 Å². The van der Waals surface area contributed by atoms with Gasteiger partial charge in [-0.25, -0.2) is 0 Å². The maximum atomic E-state index is 13.0. The predicted octanol–water partition coefficient (Wildman–Crippen LogP) is 5.39. The Morgan fingerprint density at radius 1 is 0.931 bits per heavy atom. The molecule has 3 aromatic carbocycles. The zero-order valence-corrected chi connectivity index (χ0v) is 16.7. The van der Waals surface area contributed by atoms with E-state index < -0.39 is 0 Å². The molecule has 0 aliphatic carbocycles. The molecule has 0 radical (unpaired) electrons. The second kappa shape index (κ2) is 7.89. The maximum Gasteiger partial charge on any atom is 0.145 e. The minimum Gasteiger partial charge on any atom is -0.857 e. The van der Waals surface area contributed by atoms with Gasteiger partial charge in [-0.2, -0.15) is 0 Å². The van der Waals surface area contributed by atoms with E-state index in [0.29, 0.717) is 33.4 Å². The fraction of sp³-hybridized carbons (Fsp3) is 0.0870. The number of nitrogens with zero attached hydrogens (tertiary/aromatic N) is 1. The van der Waals surface area contributed by atoms with Crippen LogP contribution in [0.3, 0.4) is 0 Å². The number of hydrogen-bond acceptors (Lipinski definition) is 5. The molecule has 1 aromatic heterocycles. The van der Waals surface area contributed by atoms with Gasteiger partial charge in [0, 0.05) is 27.9 Å². The molecule has 0 fully saturated rings. The Morgan fingerprint density at radius 3 is 2.45 bits per heavy atom. The number of rotatable bonds is 5. The highest BCUT2D eigenvalue weighted by Crippen LogP contribution is 2.42. The van der Waals surface area contributed by atoms with Crippen molar-refractivity contribution in [3.05, 3.63) is 71.8 Å². The lowest BCUT2D eigenvalue weighted by atomic mass is 9.99. The smallest absolute Gasteiger partial charge is 0.145 e.